The third kappa shape index (κ3) is 3.98. The van der Waals surface area contributed by atoms with E-state index in [2.05, 4.69) is 10.6 Å². The van der Waals surface area contributed by atoms with Crippen LogP contribution in [0.3, 0.4) is 0 Å². The molecule has 1 heterocycles. The minimum absolute atomic E-state index is 0.242. The number of aryl methyl sites for hydroxylation is 1. The molecule has 0 fully saturated rings. The second-order valence-corrected chi connectivity index (χ2v) is 3.41. The van der Waals surface area contributed by atoms with Crippen molar-refractivity contribution in [2.45, 2.75) is 0 Å². The lowest BCUT2D eigenvalue weighted by Crippen LogP contribution is -2.37. The topological polar surface area (TPSA) is 106 Å². The van der Waals surface area contributed by atoms with Gasteiger partial charge in [0.25, 0.3) is 11.5 Å². The first kappa shape index (κ1) is 12.8. The molecule has 0 radical (unpaired) electrons. The van der Waals surface area contributed by atoms with E-state index in [1.807, 2.05) is 0 Å². The van der Waals surface area contributed by atoms with Gasteiger partial charge in [-0.05, 0) is 6.07 Å². The van der Waals surface area contributed by atoms with Crippen LogP contribution in [0, 0.1) is 0 Å². The molecule has 17 heavy (non-hydrogen) atoms. The summed E-state index contributed by atoms with van der Waals surface area (Å²) < 4.78 is 1.37. The summed E-state index contributed by atoms with van der Waals surface area (Å²) in [5, 5.41) is 4.87. The summed E-state index contributed by atoms with van der Waals surface area (Å²) >= 11 is 0. The first-order valence-corrected chi connectivity index (χ1v) is 4.99. The Balaban J connectivity index is 2.50. The maximum absolute atomic E-state index is 11.5. The van der Waals surface area contributed by atoms with Crippen LogP contribution in [0.5, 0.6) is 0 Å². The number of rotatable bonds is 4. The molecule has 3 amide bonds. The molecule has 7 heteroatoms. The Hall–Kier alpha value is -2.31. The van der Waals surface area contributed by atoms with Crippen LogP contribution in [0.1, 0.15) is 10.4 Å². The number of carbonyl (C=O) groups excluding carboxylic acids is 2. The SMILES string of the molecule is Cn1ccc(C(=O)NCCNC(N)=O)cc1=O. The lowest BCUT2D eigenvalue weighted by atomic mass is 10.2. The normalized spacial score (nSPS) is 9.71. The zero-order valence-electron chi connectivity index (χ0n) is 9.40. The molecule has 0 aliphatic heterocycles. The fraction of sp³-hybridized carbons (Fsp3) is 0.300. The molecule has 0 bridgehead atoms. The molecular formula is C10H14N4O3. The first-order valence-electron chi connectivity index (χ1n) is 4.99. The molecule has 1 rings (SSSR count). The van der Waals surface area contributed by atoms with E-state index in [9.17, 15) is 14.4 Å². The molecule has 0 unspecified atom stereocenters. The summed E-state index contributed by atoms with van der Waals surface area (Å²) in [7, 11) is 1.60. The average Bonchev–Trinajstić information content (AvgIpc) is 2.27. The van der Waals surface area contributed by atoms with E-state index in [0.29, 0.717) is 0 Å². The van der Waals surface area contributed by atoms with Crippen LogP contribution in [0.25, 0.3) is 0 Å². The number of nitrogens with zero attached hydrogens (tertiary/aromatic N) is 1. The Morgan fingerprint density at radius 1 is 1.35 bits per heavy atom. The summed E-state index contributed by atoms with van der Waals surface area (Å²) in [4.78, 5) is 33.2. The van der Waals surface area contributed by atoms with E-state index in [0.717, 1.165) is 0 Å². The van der Waals surface area contributed by atoms with Crippen LogP contribution in [0.15, 0.2) is 23.1 Å². The Kier molecular flexibility index (Phi) is 4.27. The summed E-state index contributed by atoms with van der Waals surface area (Å²) in [6.45, 7) is 0.489. The van der Waals surface area contributed by atoms with Crippen molar-refractivity contribution < 1.29 is 9.59 Å². The van der Waals surface area contributed by atoms with E-state index < -0.39 is 6.03 Å². The summed E-state index contributed by atoms with van der Waals surface area (Å²) in [5.74, 6) is -0.367. The van der Waals surface area contributed by atoms with Gasteiger partial charge in [-0.2, -0.15) is 0 Å². The van der Waals surface area contributed by atoms with E-state index in [4.69, 9.17) is 5.73 Å². The third-order valence-electron chi connectivity index (χ3n) is 2.08. The zero-order chi connectivity index (χ0) is 12.8. The second kappa shape index (κ2) is 5.69. The fourth-order valence-corrected chi connectivity index (χ4v) is 1.15. The van der Waals surface area contributed by atoms with Gasteiger partial charge in [-0.15, -0.1) is 0 Å². The molecular weight excluding hydrogens is 224 g/mol. The molecule has 0 saturated carbocycles. The molecule has 1 aromatic rings. The van der Waals surface area contributed by atoms with Crippen LogP contribution < -0.4 is 21.9 Å². The molecule has 4 N–H and O–H groups in total. The van der Waals surface area contributed by atoms with Crippen LogP contribution in [-0.2, 0) is 7.05 Å². The maximum atomic E-state index is 11.5. The molecule has 92 valence electrons. The molecule has 7 nitrogen and oxygen atoms in total. The number of pyridine rings is 1. The van der Waals surface area contributed by atoms with E-state index in [1.165, 1.54) is 22.9 Å². The van der Waals surface area contributed by atoms with Gasteiger partial charge < -0.3 is 20.9 Å². The first-order chi connectivity index (χ1) is 8.00. The van der Waals surface area contributed by atoms with E-state index in [-0.39, 0.29) is 30.1 Å². The van der Waals surface area contributed by atoms with Gasteiger partial charge in [-0.3, -0.25) is 9.59 Å². The number of aromatic nitrogens is 1. The second-order valence-electron chi connectivity index (χ2n) is 3.41. The monoisotopic (exact) mass is 238 g/mol. The molecule has 1 aromatic heterocycles. The van der Waals surface area contributed by atoms with Crippen molar-refractivity contribution in [2.24, 2.45) is 12.8 Å². The highest BCUT2D eigenvalue weighted by Crippen LogP contribution is 1.93. The van der Waals surface area contributed by atoms with Gasteiger partial charge >= 0.3 is 6.03 Å². The van der Waals surface area contributed by atoms with Gasteiger partial charge in [0.2, 0.25) is 0 Å². The van der Waals surface area contributed by atoms with E-state index in [1.54, 1.807) is 7.05 Å². The van der Waals surface area contributed by atoms with Crippen molar-refractivity contribution in [2.75, 3.05) is 13.1 Å². The van der Waals surface area contributed by atoms with Crippen LogP contribution in [0.2, 0.25) is 0 Å². The molecule has 0 aromatic carbocycles. The molecule has 0 aliphatic rings. The van der Waals surface area contributed by atoms with Crippen molar-refractivity contribution in [1.29, 1.82) is 0 Å². The maximum Gasteiger partial charge on any atom is 0.312 e. The molecule has 0 aliphatic carbocycles. The fourth-order valence-electron chi connectivity index (χ4n) is 1.15. The van der Waals surface area contributed by atoms with Gasteiger partial charge in [0.1, 0.15) is 0 Å². The van der Waals surface area contributed by atoms with Crippen LogP contribution in [0.4, 0.5) is 4.79 Å². The predicted molar refractivity (Wildman–Crippen MR) is 61.6 cm³/mol. The summed E-state index contributed by atoms with van der Waals surface area (Å²) in [6.07, 6.45) is 1.51. The Morgan fingerprint density at radius 2 is 2.00 bits per heavy atom. The Bertz CT molecular complexity index is 481. The highest BCUT2D eigenvalue weighted by atomic mass is 16.2. The summed E-state index contributed by atoms with van der Waals surface area (Å²) in [5.41, 5.74) is 4.88. The van der Waals surface area contributed by atoms with Crippen molar-refractivity contribution in [1.82, 2.24) is 15.2 Å². The Labute approximate surface area is 97.6 Å². The predicted octanol–water partition coefficient (Wildman–Crippen LogP) is -1.22. The smallest absolute Gasteiger partial charge is 0.312 e. The van der Waals surface area contributed by atoms with E-state index >= 15 is 0 Å². The standard InChI is InChI=1S/C10H14N4O3/c1-14-5-2-7(6-8(14)15)9(16)12-3-4-13-10(11)17/h2,5-6H,3-4H2,1H3,(H,12,16)(H3,11,13,17). The molecule has 0 saturated heterocycles. The molecule has 0 spiro atoms. The number of nitrogens with two attached hydrogens (primary N) is 1. The lowest BCUT2D eigenvalue weighted by Gasteiger charge is -2.05. The van der Waals surface area contributed by atoms with Crippen LogP contribution >= 0.6 is 0 Å². The lowest BCUT2D eigenvalue weighted by molar-refractivity contribution is 0.0953. The van der Waals surface area contributed by atoms with Gasteiger partial charge in [0, 0.05) is 38.0 Å². The minimum Gasteiger partial charge on any atom is -0.352 e. The number of hydrogen-bond acceptors (Lipinski definition) is 3. The number of carbonyl (C=O) groups is 2. The number of amides is 3. The van der Waals surface area contributed by atoms with Crippen LogP contribution in [-0.4, -0.2) is 29.6 Å². The van der Waals surface area contributed by atoms with Crippen molar-refractivity contribution >= 4 is 11.9 Å². The van der Waals surface area contributed by atoms with Gasteiger partial charge in [-0.1, -0.05) is 0 Å². The molecule has 0 atom stereocenters. The quantitative estimate of drug-likeness (QED) is 0.572. The number of primary amides is 1. The van der Waals surface area contributed by atoms with Crippen molar-refractivity contribution in [3.63, 3.8) is 0 Å². The minimum atomic E-state index is -0.646. The summed E-state index contributed by atoms with van der Waals surface area (Å²) in [6, 6.07) is 2.14. The zero-order valence-corrected chi connectivity index (χ0v) is 9.40. The average molecular weight is 238 g/mol. The highest BCUT2D eigenvalue weighted by Gasteiger charge is 2.05. The Morgan fingerprint density at radius 3 is 2.59 bits per heavy atom. The largest absolute Gasteiger partial charge is 0.352 e. The van der Waals surface area contributed by atoms with Crippen molar-refractivity contribution in [3.8, 4) is 0 Å². The highest BCUT2D eigenvalue weighted by molar-refractivity contribution is 5.93. The number of nitrogens with one attached hydrogen (secondary N) is 2. The third-order valence-corrected chi connectivity index (χ3v) is 2.08. The van der Waals surface area contributed by atoms with Gasteiger partial charge in [-0.25, -0.2) is 4.79 Å². The number of urea groups is 1. The van der Waals surface area contributed by atoms with Crippen molar-refractivity contribution in [3.05, 3.63) is 34.2 Å². The van der Waals surface area contributed by atoms with Gasteiger partial charge in [0.15, 0.2) is 0 Å². The number of hydrogen-bond donors (Lipinski definition) is 3. The van der Waals surface area contributed by atoms with Gasteiger partial charge in [0.05, 0.1) is 0 Å².